The number of rotatable bonds is 10. The highest BCUT2D eigenvalue weighted by Gasteiger charge is 2.61. The highest BCUT2D eigenvalue weighted by molar-refractivity contribution is 7.11. The molecule has 0 bridgehead atoms. The number of hydrogen-bond donors (Lipinski definition) is 2. The number of hydrogen-bond acceptors (Lipinski definition) is 10. The van der Waals surface area contributed by atoms with Gasteiger partial charge in [0.15, 0.2) is 10.8 Å². The van der Waals surface area contributed by atoms with Gasteiger partial charge in [0.2, 0.25) is 0 Å². The number of carbonyl (C=O) groups excluding carboxylic acids is 1. The third-order valence-electron chi connectivity index (χ3n) is 7.83. The fourth-order valence-electron chi connectivity index (χ4n) is 5.47. The monoisotopic (exact) mass is 641 g/mol. The maximum Gasteiger partial charge on any atom is 0.338 e. The van der Waals surface area contributed by atoms with Crippen LogP contribution in [0.1, 0.15) is 43.8 Å². The predicted octanol–water partition coefficient (Wildman–Crippen LogP) is 4.28. The molecule has 3 aliphatic rings. The van der Waals surface area contributed by atoms with Gasteiger partial charge in [-0.15, -0.1) is 11.3 Å². The van der Waals surface area contributed by atoms with Crippen molar-refractivity contribution >= 4 is 40.7 Å². The van der Waals surface area contributed by atoms with Crippen molar-refractivity contribution in [1.82, 2.24) is 20.3 Å². The molecule has 2 fully saturated rings. The molecule has 3 atom stereocenters. The number of carboxylic acid groups (broad SMARTS) is 1. The maximum atomic E-state index is 15.5. The Labute approximate surface area is 255 Å². The molecule has 3 unspecified atom stereocenters. The summed E-state index contributed by atoms with van der Waals surface area (Å²) in [4.78, 5) is 41.1. The number of halogens is 4. The van der Waals surface area contributed by atoms with Crippen LogP contribution in [0.3, 0.4) is 0 Å². The minimum absolute atomic E-state index is 0.0000827. The van der Waals surface area contributed by atoms with Gasteiger partial charge in [-0.2, -0.15) is 5.06 Å². The van der Waals surface area contributed by atoms with Crippen molar-refractivity contribution in [3.8, 4) is 0 Å². The molecule has 2 aromatic rings. The number of aromatic nitrogens is 1. The van der Waals surface area contributed by atoms with Gasteiger partial charge in [-0.05, 0) is 33.3 Å². The van der Waals surface area contributed by atoms with Crippen LogP contribution in [0.4, 0.5) is 13.2 Å². The molecule has 0 spiro atoms. The molecule has 2 saturated heterocycles. The molecule has 0 radical (unpaired) electrons. The molecule has 43 heavy (non-hydrogen) atoms. The smallest absolute Gasteiger partial charge is 0.338 e. The van der Waals surface area contributed by atoms with Crippen LogP contribution in [0.5, 0.6) is 0 Å². The molecule has 15 heteroatoms. The van der Waals surface area contributed by atoms with Crippen molar-refractivity contribution in [2.75, 3.05) is 32.8 Å². The van der Waals surface area contributed by atoms with Gasteiger partial charge in [0, 0.05) is 35.9 Å². The first kappa shape index (κ1) is 31.4. The van der Waals surface area contributed by atoms with Crippen molar-refractivity contribution in [3.63, 3.8) is 0 Å². The lowest BCUT2D eigenvalue weighted by atomic mass is 9.89. The van der Waals surface area contributed by atoms with Gasteiger partial charge in [-0.1, -0.05) is 23.7 Å². The van der Waals surface area contributed by atoms with Gasteiger partial charge in [0.25, 0.3) is 5.92 Å². The van der Waals surface area contributed by atoms with E-state index in [1.807, 2.05) is 0 Å². The second kappa shape index (κ2) is 12.2. The number of amidine groups is 1. The van der Waals surface area contributed by atoms with E-state index in [-0.39, 0.29) is 60.4 Å². The van der Waals surface area contributed by atoms with Crippen molar-refractivity contribution in [1.29, 1.82) is 0 Å². The molecular formula is C28H31ClF3N5O5S. The Morgan fingerprint density at radius 3 is 2.79 bits per heavy atom. The van der Waals surface area contributed by atoms with Gasteiger partial charge in [-0.25, -0.2) is 22.9 Å². The molecule has 10 nitrogen and oxygen atoms in total. The minimum atomic E-state index is -3.20. The molecule has 0 saturated carbocycles. The molecule has 1 aromatic carbocycles. The minimum Gasteiger partial charge on any atom is -0.481 e. The normalized spacial score (nSPS) is 24.1. The van der Waals surface area contributed by atoms with Gasteiger partial charge in [-0.3, -0.25) is 19.5 Å². The van der Waals surface area contributed by atoms with E-state index in [1.165, 1.54) is 47.3 Å². The van der Waals surface area contributed by atoms with E-state index in [0.29, 0.717) is 5.01 Å². The second-order valence-electron chi connectivity index (χ2n) is 11.2. The van der Waals surface area contributed by atoms with Gasteiger partial charge >= 0.3 is 11.9 Å². The Morgan fingerprint density at radius 1 is 1.35 bits per heavy atom. The Kier molecular flexibility index (Phi) is 8.87. The first-order chi connectivity index (χ1) is 20.3. The number of alkyl halides is 2. The van der Waals surface area contributed by atoms with Crippen molar-refractivity contribution in [2.24, 2.45) is 10.4 Å². The zero-order chi connectivity index (χ0) is 31.1. The van der Waals surface area contributed by atoms with E-state index in [9.17, 15) is 19.1 Å². The van der Waals surface area contributed by atoms with Crippen LogP contribution in [0.25, 0.3) is 0 Å². The molecule has 3 aliphatic heterocycles. The zero-order valence-electron chi connectivity index (χ0n) is 23.7. The lowest BCUT2D eigenvalue weighted by molar-refractivity contribution is -0.186. The van der Waals surface area contributed by atoms with Gasteiger partial charge in [0.05, 0.1) is 41.8 Å². The molecule has 4 heterocycles. The standard InChI is InChI=1S/C28H31ClF3N5O5S/c1-4-41-25(38)19-17(34-23(24-33-9-11-43-24)35-21(19)15-6-5-7-16(30)20(15)29)12-36-14-28(31,32)22-18(36)13-42-37(22)10-8-27(2,3)26(39)40/h5-7,9,11,18,21-22H,4,8,10,12-14H2,1-3H3,(H,34,35)(H,39,40). The van der Waals surface area contributed by atoms with Gasteiger partial charge < -0.3 is 15.2 Å². The molecule has 0 aliphatic carbocycles. The number of carbonyl (C=O) groups is 2. The SMILES string of the molecule is CCOC(=O)C1=C(CN2CC(F)(F)C3C2CON3CCC(C)(C)C(=O)O)NC(c2nccs2)=NC1c1cccc(F)c1Cl. The van der Waals surface area contributed by atoms with E-state index >= 15 is 8.78 Å². The van der Waals surface area contributed by atoms with E-state index in [0.717, 1.165) is 0 Å². The van der Waals surface area contributed by atoms with E-state index in [2.05, 4.69) is 15.3 Å². The Bertz CT molecular complexity index is 1450. The van der Waals surface area contributed by atoms with Crippen LogP contribution in [0.15, 0.2) is 46.0 Å². The number of nitrogens with one attached hydrogen (secondary N) is 1. The Hall–Kier alpha value is -3.04. The summed E-state index contributed by atoms with van der Waals surface area (Å²) in [6.07, 6.45) is 1.67. The van der Waals surface area contributed by atoms with Crippen molar-refractivity contribution in [2.45, 2.75) is 51.2 Å². The van der Waals surface area contributed by atoms with Crippen molar-refractivity contribution in [3.05, 3.63) is 62.5 Å². The number of aliphatic carboxylic acids is 1. The average molecular weight is 642 g/mol. The van der Waals surface area contributed by atoms with Gasteiger partial charge in [0.1, 0.15) is 17.9 Å². The third kappa shape index (κ3) is 6.16. The summed E-state index contributed by atoms with van der Waals surface area (Å²) in [5.41, 5.74) is -0.663. The summed E-state index contributed by atoms with van der Waals surface area (Å²) in [7, 11) is 0. The summed E-state index contributed by atoms with van der Waals surface area (Å²) < 4.78 is 51.0. The van der Waals surface area contributed by atoms with Crippen molar-refractivity contribution < 1.29 is 37.4 Å². The van der Waals surface area contributed by atoms with Crippen LogP contribution >= 0.6 is 22.9 Å². The number of aliphatic imine (C=N–C) groups is 1. The zero-order valence-corrected chi connectivity index (χ0v) is 25.2. The second-order valence-corrected chi connectivity index (χ2v) is 12.4. The van der Waals surface area contributed by atoms with E-state index in [1.54, 1.807) is 24.6 Å². The molecule has 1 aromatic heterocycles. The summed E-state index contributed by atoms with van der Waals surface area (Å²) in [6.45, 7) is 3.89. The largest absolute Gasteiger partial charge is 0.481 e. The number of thiazole rings is 1. The molecule has 2 N–H and O–H groups in total. The Morgan fingerprint density at radius 2 is 2.12 bits per heavy atom. The number of likely N-dealkylation sites (tertiary alicyclic amines) is 1. The van der Waals surface area contributed by atoms with Crippen LogP contribution in [0, 0.1) is 11.2 Å². The lowest BCUT2D eigenvalue weighted by Crippen LogP contribution is -2.46. The highest BCUT2D eigenvalue weighted by atomic mass is 35.5. The number of fused-ring (bicyclic) bond motifs is 1. The van der Waals surface area contributed by atoms with Crippen LogP contribution in [0.2, 0.25) is 5.02 Å². The molecule has 0 amide bonds. The number of benzene rings is 1. The fourth-order valence-corrected chi connectivity index (χ4v) is 6.28. The first-order valence-electron chi connectivity index (χ1n) is 13.7. The topological polar surface area (TPSA) is 117 Å². The molecule has 232 valence electrons. The van der Waals surface area contributed by atoms with E-state index in [4.69, 9.17) is 21.2 Å². The van der Waals surface area contributed by atoms with Crippen LogP contribution in [-0.2, 0) is 19.2 Å². The summed E-state index contributed by atoms with van der Waals surface area (Å²) in [5, 5.41) is 15.7. The van der Waals surface area contributed by atoms with E-state index < -0.39 is 53.8 Å². The summed E-state index contributed by atoms with van der Waals surface area (Å²) in [5.74, 6) is -5.42. The molecular weight excluding hydrogens is 611 g/mol. The highest BCUT2D eigenvalue weighted by Crippen LogP contribution is 2.43. The molecule has 5 rings (SSSR count). The maximum absolute atomic E-state index is 15.5. The number of hydroxylamine groups is 2. The number of esters is 1. The number of carboxylic acids is 1. The quantitative estimate of drug-likeness (QED) is 0.367. The first-order valence-corrected chi connectivity index (χ1v) is 14.9. The summed E-state index contributed by atoms with van der Waals surface area (Å²) >= 11 is 7.62. The fraction of sp³-hybridized carbons (Fsp3) is 0.500. The van der Waals surface area contributed by atoms with Crippen LogP contribution in [-0.4, -0.2) is 88.7 Å². The average Bonchev–Trinajstić information content (AvgIpc) is 3.68. The van der Waals surface area contributed by atoms with Crippen LogP contribution < -0.4 is 5.32 Å². The Balaban J connectivity index is 1.51. The number of ether oxygens (including phenoxy) is 1. The lowest BCUT2D eigenvalue weighted by Gasteiger charge is -2.30. The third-order valence-corrected chi connectivity index (χ3v) is 9.01. The predicted molar refractivity (Wildman–Crippen MR) is 152 cm³/mol. The summed E-state index contributed by atoms with van der Waals surface area (Å²) in [6, 6.07) is 0.977. The number of nitrogens with zero attached hydrogens (tertiary/aromatic N) is 4.